The summed E-state index contributed by atoms with van der Waals surface area (Å²) in [4.78, 5) is 12.0. The highest BCUT2D eigenvalue weighted by Gasteiger charge is 2.42. The number of carboxylic acids is 1. The van der Waals surface area contributed by atoms with Gasteiger partial charge < -0.3 is 24.6 Å². The van der Waals surface area contributed by atoms with E-state index >= 15 is 0 Å². The molecule has 2 aromatic rings. The Balaban J connectivity index is 0.00000196. The maximum Gasteiger partial charge on any atom is 0.309 e. The Bertz CT molecular complexity index is 795. The second kappa shape index (κ2) is 7.43. The highest BCUT2D eigenvalue weighted by atomic mass is 35.5. The molecule has 2 aromatic carbocycles. The van der Waals surface area contributed by atoms with Gasteiger partial charge in [0.1, 0.15) is 5.75 Å². The summed E-state index contributed by atoms with van der Waals surface area (Å²) in [7, 11) is 1.61. The van der Waals surface area contributed by atoms with Crippen molar-refractivity contribution in [2.45, 2.75) is 12.0 Å². The Hall–Kier alpha value is -2.44. The number of fused-ring (bicyclic) bond motifs is 1. The molecular weight excluding hydrogens is 358 g/mol. The van der Waals surface area contributed by atoms with Crippen molar-refractivity contribution in [3.63, 3.8) is 0 Å². The van der Waals surface area contributed by atoms with E-state index in [-0.39, 0.29) is 31.2 Å². The van der Waals surface area contributed by atoms with Crippen LogP contribution in [0.25, 0.3) is 0 Å². The van der Waals surface area contributed by atoms with Gasteiger partial charge in [0.2, 0.25) is 6.79 Å². The van der Waals surface area contributed by atoms with Gasteiger partial charge in [0.25, 0.3) is 0 Å². The Kier molecular flexibility index (Phi) is 5.25. The van der Waals surface area contributed by atoms with Gasteiger partial charge in [0.15, 0.2) is 11.5 Å². The van der Waals surface area contributed by atoms with Crippen molar-refractivity contribution < 1.29 is 24.1 Å². The topological polar surface area (TPSA) is 77.0 Å². The summed E-state index contributed by atoms with van der Waals surface area (Å²) >= 11 is 0. The summed E-state index contributed by atoms with van der Waals surface area (Å²) in [5.41, 5.74) is 1.89. The Morgan fingerprint density at radius 3 is 2.50 bits per heavy atom. The van der Waals surface area contributed by atoms with Gasteiger partial charge in [-0.05, 0) is 35.4 Å². The zero-order valence-electron chi connectivity index (χ0n) is 14.2. The molecule has 2 N–H and O–H groups in total. The third-order valence-electron chi connectivity index (χ3n) is 4.94. The molecule has 0 saturated carbocycles. The summed E-state index contributed by atoms with van der Waals surface area (Å²) in [5, 5.41) is 13.2. The van der Waals surface area contributed by atoms with Crippen molar-refractivity contribution in [2.24, 2.45) is 5.92 Å². The minimum absolute atomic E-state index is 0. The number of methoxy groups -OCH3 is 1. The van der Waals surface area contributed by atoms with Crippen molar-refractivity contribution in [1.82, 2.24) is 5.32 Å². The zero-order chi connectivity index (χ0) is 17.4. The molecule has 138 valence electrons. The summed E-state index contributed by atoms with van der Waals surface area (Å²) in [5.74, 6) is 0.616. The lowest BCUT2D eigenvalue weighted by Crippen LogP contribution is -2.25. The largest absolute Gasteiger partial charge is 0.497 e. The first-order chi connectivity index (χ1) is 12.2. The quantitative estimate of drug-likeness (QED) is 0.853. The number of carbonyl (C=O) groups is 1. The van der Waals surface area contributed by atoms with E-state index in [0.29, 0.717) is 18.0 Å². The van der Waals surface area contributed by atoms with E-state index in [1.807, 2.05) is 42.5 Å². The van der Waals surface area contributed by atoms with Crippen LogP contribution in [-0.4, -0.2) is 31.5 Å². The third-order valence-corrected chi connectivity index (χ3v) is 4.94. The first-order valence-corrected chi connectivity index (χ1v) is 8.17. The summed E-state index contributed by atoms with van der Waals surface area (Å²) in [6.45, 7) is 0.797. The Morgan fingerprint density at radius 2 is 1.81 bits per heavy atom. The van der Waals surface area contributed by atoms with Crippen LogP contribution in [-0.2, 0) is 4.79 Å². The van der Waals surface area contributed by atoms with E-state index in [9.17, 15) is 9.90 Å². The molecular formula is C19H20ClNO5. The average Bonchev–Trinajstić information content (AvgIpc) is 3.27. The van der Waals surface area contributed by atoms with Crippen LogP contribution in [0.4, 0.5) is 0 Å². The maximum absolute atomic E-state index is 12.0. The van der Waals surface area contributed by atoms with E-state index < -0.39 is 11.9 Å². The minimum atomic E-state index is -0.812. The predicted molar refractivity (Wildman–Crippen MR) is 97.4 cm³/mol. The fraction of sp³-hybridized carbons (Fsp3) is 0.316. The molecule has 3 atom stereocenters. The summed E-state index contributed by atoms with van der Waals surface area (Å²) in [6, 6.07) is 12.9. The molecule has 0 amide bonds. The van der Waals surface area contributed by atoms with Gasteiger partial charge in [0, 0.05) is 18.5 Å². The van der Waals surface area contributed by atoms with E-state index in [0.717, 1.165) is 16.9 Å². The van der Waals surface area contributed by atoms with Gasteiger partial charge in [-0.2, -0.15) is 0 Å². The molecule has 2 aliphatic heterocycles. The highest BCUT2D eigenvalue weighted by molar-refractivity contribution is 5.85. The SMILES string of the molecule is COc1ccc(C2NCC(c3ccc4c(c3)OCO4)C2C(=O)O)cc1.Cl. The van der Waals surface area contributed by atoms with Crippen LogP contribution in [0.1, 0.15) is 23.1 Å². The minimum Gasteiger partial charge on any atom is -0.497 e. The lowest BCUT2D eigenvalue weighted by molar-refractivity contribution is -0.142. The van der Waals surface area contributed by atoms with Crippen molar-refractivity contribution in [2.75, 3.05) is 20.4 Å². The number of rotatable bonds is 4. The Morgan fingerprint density at radius 1 is 1.12 bits per heavy atom. The number of aliphatic carboxylic acids is 1. The van der Waals surface area contributed by atoms with Crippen molar-refractivity contribution >= 4 is 18.4 Å². The number of benzene rings is 2. The molecule has 6 nitrogen and oxygen atoms in total. The van der Waals surface area contributed by atoms with Crippen LogP contribution in [0.3, 0.4) is 0 Å². The first-order valence-electron chi connectivity index (χ1n) is 8.17. The highest BCUT2D eigenvalue weighted by Crippen LogP contribution is 2.43. The molecule has 0 spiro atoms. The monoisotopic (exact) mass is 377 g/mol. The van der Waals surface area contributed by atoms with Gasteiger partial charge in [-0.25, -0.2) is 0 Å². The second-order valence-corrected chi connectivity index (χ2v) is 6.24. The van der Waals surface area contributed by atoms with Crippen LogP contribution < -0.4 is 19.5 Å². The fourth-order valence-electron chi connectivity index (χ4n) is 3.66. The van der Waals surface area contributed by atoms with Gasteiger partial charge in [-0.3, -0.25) is 4.79 Å². The third kappa shape index (κ3) is 3.18. The van der Waals surface area contributed by atoms with Crippen molar-refractivity contribution in [1.29, 1.82) is 0 Å². The number of nitrogens with one attached hydrogen (secondary N) is 1. The van der Waals surface area contributed by atoms with Gasteiger partial charge in [0.05, 0.1) is 13.0 Å². The number of carboxylic acid groups (broad SMARTS) is 1. The van der Waals surface area contributed by atoms with E-state index in [1.165, 1.54) is 0 Å². The molecule has 2 aliphatic rings. The van der Waals surface area contributed by atoms with Crippen LogP contribution in [0.5, 0.6) is 17.2 Å². The number of halogens is 1. The summed E-state index contributed by atoms with van der Waals surface area (Å²) < 4.78 is 15.9. The lowest BCUT2D eigenvalue weighted by Gasteiger charge is -2.21. The molecule has 2 heterocycles. The zero-order valence-corrected chi connectivity index (χ0v) is 15.0. The lowest BCUT2D eigenvalue weighted by atomic mass is 9.83. The van der Waals surface area contributed by atoms with Crippen LogP contribution in [0.15, 0.2) is 42.5 Å². The Labute approximate surface area is 157 Å². The fourth-order valence-corrected chi connectivity index (χ4v) is 3.66. The smallest absolute Gasteiger partial charge is 0.309 e. The average molecular weight is 378 g/mol. The van der Waals surface area contributed by atoms with Gasteiger partial charge >= 0.3 is 5.97 Å². The van der Waals surface area contributed by atoms with Gasteiger partial charge in [-0.1, -0.05) is 18.2 Å². The normalized spacial score (nSPS) is 23.3. The summed E-state index contributed by atoms with van der Waals surface area (Å²) in [6.07, 6.45) is 0. The maximum atomic E-state index is 12.0. The van der Waals surface area contributed by atoms with Gasteiger partial charge in [-0.15, -0.1) is 12.4 Å². The molecule has 26 heavy (non-hydrogen) atoms. The number of hydrogen-bond acceptors (Lipinski definition) is 5. The molecule has 3 unspecified atom stereocenters. The predicted octanol–water partition coefficient (Wildman–Crippen LogP) is 2.97. The van der Waals surface area contributed by atoms with E-state index in [1.54, 1.807) is 7.11 Å². The van der Waals surface area contributed by atoms with Crippen molar-refractivity contribution in [3.8, 4) is 17.2 Å². The van der Waals surface area contributed by atoms with E-state index in [2.05, 4.69) is 5.32 Å². The number of ether oxygens (including phenoxy) is 3. The van der Waals surface area contributed by atoms with Crippen LogP contribution in [0.2, 0.25) is 0 Å². The van der Waals surface area contributed by atoms with Crippen LogP contribution >= 0.6 is 12.4 Å². The number of hydrogen-bond donors (Lipinski definition) is 2. The molecule has 1 fully saturated rings. The molecule has 0 radical (unpaired) electrons. The standard InChI is InChI=1S/C19H19NO5.ClH/c1-23-13-5-2-11(3-6-13)18-17(19(21)22)14(9-20-18)12-4-7-15-16(8-12)25-10-24-15;/h2-8,14,17-18,20H,9-10H2,1H3,(H,21,22);1H. The molecule has 7 heteroatoms. The second-order valence-electron chi connectivity index (χ2n) is 6.24. The molecule has 1 saturated heterocycles. The molecule has 0 aromatic heterocycles. The molecule has 0 aliphatic carbocycles. The molecule has 4 rings (SSSR count). The first kappa shape index (κ1) is 18.4. The van der Waals surface area contributed by atoms with E-state index in [4.69, 9.17) is 14.2 Å². The van der Waals surface area contributed by atoms with Crippen LogP contribution in [0, 0.1) is 5.92 Å². The molecule has 0 bridgehead atoms. The van der Waals surface area contributed by atoms with Crippen molar-refractivity contribution in [3.05, 3.63) is 53.6 Å².